The van der Waals surface area contributed by atoms with Crippen molar-refractivity contribution in [1.29, 1.82) is 0 Å². The van der Waals surface area contributed by atoms with Crippen molar-refractivity contribution in [2.45, 2.75) is 37.8 Å². The molecule has 0 aliphatic heterocycles. The molecule has 0 rings (SSSR count). The van der Waals surface area contributed by atoms with E-state index in [-0.39, 0.29) is 0 Å². The van der Waals surface area contributed by atoms with Crippen LogP contribution in [0.25, 0.3) is 0 Å². The molecule has 0 N–H and O–H groups in total. The molecule has 0 fully saturated rings. The monoisotopic (exact) mass is 249 g/mol. The summed E-state index contributed by atoms with van der Waals surface area (Å²) in [6.45, 7) is 3.60. The number of alkyl halides is 5. The van der Waals surface area contributed by atoms with Crippen LogP contribution in [0, 0.1) is 6.92 Å². The van der Waals surface area contributed by atoms with Gasteiger partial charge >= 0.3 is 12.1 Å². The number of hydrogen-bond donors (Lipinski definition) is 0. The van der Waals surface area contributed by atoms with Crippen molar-refractivity contribution in [2.24, 2.45) is 0 Å². The Bertz CT molecular complexity index is 166. The van der Waals surface area contributed by atoms with Crippen LogP contribution in [0.4, 0.5) is 22.0 Å². The summed E-state index contributed by atoms with van der Waals surface area (Å²) in [5, 5.41) is 0. The molecular formula is C9H14F5S. The SMILES string of the molecule is [CH2]CCCCCSCC(F)(F)C(F)(F)F. The summed E-state index contributed by atoms with van der Waals surface area (Å²) in [7, 11) is 0. The van der Waals surface area contributed by atoms with Crippen molar-refractivity contribution in [1.82, 2.24) is 0 Å². The highest BCUT2D eigenvalue weighted by Gasteiger charge is 2.56. The van der Waals surface area contributed by atoms with Crippen LogP contribution in [0.1, 0.15) is 25.7 Å². The lowest BCUT2D eigenvalue weighted by atomic mass is 10.2. The molecule has 6 heteroatoms. The number of thioether (sulfide) groups is 1. The molecule has 0 amide bonds. The lowest BCUT2D eigenvalue weighted by Gasteiger charge is -2.18. The van der Waals surface area contributed by atoms with Crippen molar-refractivity contribution in [2.75, 3.05) is 11.5 Å². The van der Waals surface area contributed by atoms with E-state index in [0.29, 0.717) is 23.9 Å². The van der Waals surface area contributed by atoms with Crippen molar-refractivity contribution >= 4 is 11.8 Å². The maximum atomic E-state index is 12.4. The van der Waals surface area contributed by atoms with E-state index in [1.54, 1.807) is 0 Å². The van der Waals surface area contributed by atoms with Gasteiger partial charge in [0.05, 0.1) is 5.75 Å². The molecule has 0 spiro atoms. The van der Waals surface area contributed by atoms with Gasteiger partial charge in [0.2, 0.25) is 0 Å². The van der Waals surface area contributed by atoms with E-state index in [1.807, 2.05) is 0 Å². The molecular weight excluding hydrogens is 235 g/mol. The van der Waals surface area contributed by atoms with Gasteiger partial charge in [-0.25, -0.2) is 0 Å². The highest BCUT2D eigenvalue weighted by atomic mass is 32.2. The van der Waals surface area contributed by atoms with E-state index in [0.717, 1.165) is 19.3 Å². The average molecular weight is 249 g/mol. The van der Waals surface area contributed by atoms with Gasteiger partial charge < -0.3 is 0 Å². The van der Waals surface area contributed by atoms with E-state index in [2.05, 4.69) is 6.92 Å². The Morgan fingerprint density at radius 3 is 2.00 bits per heavy atom. The molecule has 15 heavy (non-hydrogen) atoms. The van der Waals surface area contributed by atoms with Gasteiger partial charge in [-0.2, -0.15) is 33.7 Å². The average Bonchev–Trinajstić information content (AvgIpc) is 2.09. The highest BCUT2D eigenvalue weighted by molar-refractivity contribution is 7.99. The fourth-order valence-corrected chi connectivity index (χ4v) is 1.81. The Morgan fingerprint density at radius 1 is 0.933 bits per heavy atom. The Hall–Kier alpha value is -0.0000000000000000555. The summed E-state index contributed by atoms with van der Waals surface area (Å²) in [6, 6.07) is 0. The molecule has 0 unspecified atom stereocenters. The third-order valence-corrected chi connectivity index (χ3v) is 2.88. The molecule has 0 saturated carbocycles. The van der Waals surface area contributed by atoms with Gasteiger partial charge in [-0.1, -0.05) is 26.2 Å². The van der Waals surface area contributed by atoms with Gasteiger partial charge in [-0.05, 0) is 12.2 Å². The Kier molecular flexibility index (Phi) is 6.55. The first-order valence-electron chi connectivity index (χ1n) is 4.63. The van der Waals surface area contributed by atoms with Crippen LogP contribution < -0.4 is 0 Å². The second-order valence-electron chi connectivity index (χ2n) is 3.17. The van der Waals surface area contributed by atoms with Gasteiger partial charge in [-0.3, -0.25) is 0 Å². The van der Waals surface area contributed by atoms with Crippen LogP contribution in [-0.4, -0.2) is 23.6 Å². The zero-order chi connectivity index (χ0) is 11.9. The molecule has 91 valence electrons. The minimum atomic E-state index is -5.42. The van der Waals surface area contributed by atoms with Crippen molar-refractivity contribution in [3.63, 3.8) is 0 Å². The number of hydrogen-bond acceptors (Lipinski definition) is 1. The summed E-state index contributed by atoms with van der Waals surface area (Å²) in [6.07, 6.45) is -2.28. The predicted octanol–water partition coefficient (Wildman–Crippen LogP) is 4.31. The van der Waals surface area contributed by atoms with Crippen LogP contribution in [0.2, 0.25) is 0 Å². The number of unbranched alkanes of at least 4 members (excludes halogenated alkanes) is 3. The number of halogens is 5. The van der Waals surface area contributed by atoms with E-state index in [9.17, 15) is 22.0 Å². The first kappa shape index (κ1) is 15.0. The molecule has 0 atom stereocenters. The smallest absolute Gasteiger partial charge is 0.195 e. The highest BCUT2D eigenvalue weighted by Crippen LogP contribution is 2.37. The van der Waals surface area contributed by atoms with E-state index in [1.165, 1.54) is 0 Å². The second-order valence-corrected chi connectivity index (χ2v) is 4.27. The van der Waals surface area contributed by atoms with Crippen LogP contribution in [0.3, 0.4) is 0 Å². The quantitative estimate of drug-likeness (QED) is 0.478. The first-order chi connectivity index (χ1) is 6.81. The molecule has 0 nitrogen and oxygen atoms in total. The molecule has 0 aliphatic carbocycles. The van der Waals surface area contributed by atoms with Gasteiger partial charge in [0.15, 0.2) is 0 Å². The van der Waals surface area contributed by atoms with Crippen molar-refractivity contribution in [3.8, 4) is 0 Å². The third kappa shape index (κ3) is 6.22. The van der Waals surface area contributed by atoms with Crippen LogP contribution in [-0.2, 0) is 0 Å². The molecule has 0 bridgehead atoms. The van der Waals surface area contributed by atoms with Crippen LogP contribution >= 0.6 is 11.8 Å². The zero-order valence-electron chi connectivity index (χ0n) is 8.25. The lowest BCUT2D eigenvalue weighted by Crippen LogP contribution is -2.38. The molecule has 1 radical (unpaired) electrons. The second kappa shape index (κ2) is 6.55. The molecule has 0 aliphatic rings. The summed E-state index contributed by atoms with van der Waals surface area (Å²) in [5.41, 5.74) is 0. The van der Waals surface area contributed by atoms with Gasteiger partial charge in [0, 0.05) is 0 Å². The molecule has 0 aromatic carbocycles. The first-order valence-corrected chi connectivity index (χ1v) is 5.78. The minimum absolute atomic E-state index is 0.339. The predicted molar refractivity (Wildman–Crippen MR) is 52.2 cm³/mol. The fourth-order valence-electron chi connectivity index (χ4n) is 0.840. The zero-order valence-corrected chi connectivity index (χ0v) is 9.06. The largest absolute Gasteiger partial charge is 0.454 e. The van der Waals surface area contributed by atoms with Gasteiger partial charge in [-0.15, -0.1) is 0 Å². The van der Waals surface area contributed by atoms with Gasteiger partial charge in [0.1, 0.15) is 0 Å². The molecule has 0 aromatic rings. The van der Waals surface area contributed by atoms with Gasteiger partial charge in [0.25, 0.3) is 0 Å². The van der Waals surface area contributed by atoms with E-state index in [4.69, 9.17) is 0 Å². The summed E-state index contributed by atoms with van der Waals surface area (Å²) >= 11 is 0.647. The van der Waals surface area contributed by atoms with E-state index < -0.39 is 17.9 Å². The van der Waals surface area contributed by atoms with Crippen LogP contribution in [0.15, 0.2) is 0 Å². The third-order valence-electron chi connectivity index (χ3n) is 1.74. The topological polar surface area (TPSA) is 0 Å². The maximum Gasteiger partial charge on any atom is 0.454 e. The summed E-state index contributed by atoms with van der Waals surface area (Å²) in [4.78, 5) is 0. The number of rotatable bonds is 7. The Morgan fingerprint density at radius 2 is 1.53 bits per heavy atom. The van der Waals surface area contributed by atoms with Crippen LogP contribution in [0.5, 0.6) is 0 Å². The van der Waals surface area contributed by atoms with Crippen molar-refractivity contribution in [3.05, 3.63) is 6.92 Å². The lowest BCUT2D eigenvalue weighted by molar-refractivity contribution is -0.271. The minimum Gasteiger partial charge on any atom is -0.195 e. The molecule has 0 heterocycles. The summed E-state index contributed by atoms with van der Waals surface area (Å²) in [5.74, 6) is -5.41. The normalized spacial score (nSPS) is 13.2. The Labute approximate surface area is 90.6 Å². The molecule has 0 saturated heterocycles. The Balaban J connectivity index is 3.58. The summed E-state index contributed by atoms with van der Waals surface area (Å²) < 4.78 is 59.8. The fraction of sp³-hybridized carbons (Fsp3) is 0.889. The van der Waals surface area contributed by atoms with Crippen molar-refractivity contribution < 1.29 is 22.0 Å². The maximum absolute atomic E-state index is 12.4. The molecule has 0 aromatic heterocycles. The standard InChI is InChI=1S/C9H14F5S/c1-2-3-4-5-6-15-7-8(10,11)9(12,13)14/h1-7H2. The van der Waals surface area contributed by atoms with E-state index >= 15 is 0 Å².